The molecule has 7 heteroatoms. The van der Waals surface area contributed by atoms with Crippen LogP contribution in [0.4, 0.5) is 22.0 Å². The third-order valence-electron chi connectivity index (χ3n) is 6.41. The summed E-state index contributed by atoms with van der Waals surface area (Å²) >= 11 is 0. The molecule has 0 radical (unpaired) electrons. The zero-order valence-electron chi connectivity index (χ0n) is 18.9. The Labute approximate surface area is 193 Å². The highest BCUT2D eigenvalue weighted by Gasteiger charge is 2.23. The number of rotatable bonds is 6. The van der Waals surface area contributed by atoms with Crippen molar-refractivity contribution in [1.29, 1.82) is 0 Å². The molecule has 2 aromatic carbocycles. The van der Waals surface area contributed by atoms with Crippen molar-refractivity contribution in [2.75, 3.05) is 42.2 Å². The maximum absolute atomic E-state index is 14.0. The molecule has 6 nitrogen and oxygen atoms in total. The number of aromatic amines is 1. The molecule has 3 heterocycles. The van der Waals surface area contributed by atoms with Crippen LogP contribution in [0, 0.1) is 5.82 Å². The molecule has 0 aliphatic carbocycles. The molecule has 2 aromatic heterocycles. The van der Waals surface area contributed by atoms with Gasteiger partial charge in [0.1, 0.15) is 17.5 Å². The Hall–Kier alpha value is -3.61. The second-order valence-electron chi connectivity index (χ2n) is 8.70. The number of aromatic nitrogens is 3. The number of fused-ring (bicyclic) bond motifs is 1. The van der Waals surface area contributed by atoms with Crippen molar-refractivity contribution in [1.82, 2.24) is 15.0 Å². The predicted octanol–water partition coefficient (Wildman–Crippen LogP) is 5.02. The van der Waals surface area contributed by atoms with E-state index >= 15 is 0 Å². The van der Waals surface area contributed by atoms with Gasteiger partial charge in [0.05, 0.1) is 5.56 Å². The van der Waals surface area contributed by atoms with Crippen LogP contribution in [-0.4, -0.2) is 41.6 Å². The van der Waals surface area contributed by atoms with Crippen molar-refractivity contribution in [3.8, 4) is 11.1 Å². The van der Waals surface area contributed by atoms with Crippen LogP contribution in [0.1, 0.15) is 24.8 Å². The zero-order valence-corrected chi connectivity index (χ0v) is 18.9. The lowest BCUT2D eigenvalue weighted by Crippen LogP contribution is -2.32. The van der Waals surface area contributed by atoms with Crippen LogP contribution >= 0.6 is 0 Å². The fourth-order valence-electron chi connectivity index (χ4n) is 4.61. The van der Waals surface area contributed by atoms with Gasteiger partial charge in [0.2, 0.25) is 5.95 Å². The number of nitrogens with zero attached hydrogens (tertiary/aromatic N) is 4. The molecule has 1 aliphatic rings. The molecule has 0 bridgehead atoms. The highest BCUT2D eigenvalue weighted by molar-refractivity contribution is 5.85. The van der Waals surface area contributed by atoms with E-state index in [1.807, 2.05) is 24.1 Å². The first kappa shape index (κ1) is 21.2. The number of nitrogens with two attached hydrogens (primary N) is 1. The Morgan fingerprint density at radius 2 is 1.88 bits per heavy atom. The maximum atomic E-state index is 14.0. The van der Waals surface area contributed by atoms with Crippen molar-refractivity contribution in [3.63, 3.8) is 0 Å². The molecule has 0 saturated carbocycles. The number of anilines is 3. The lowest BCUT2D eigenvalue weighted by molar-refractivity contribution is 0.573. The van der Waals surface area contributed by atoms with Crippen LogP contribution in [0.2, 0.25) is 0 Å². The fraction of sp³-hybridized carbons (Fsp3) is 0.308. The van der Waals surface area contributed by atoms with Crippen LogP contribution < -0.4 is 15.5 Å². The number of H-pyrrole nitrogens is 1. The smallest absolute Gasteiger partial charge is 0.229 e. The molecule has 0 amide bonds. The van der Waals surface area contributed by atoms with Gasteiger partial charge in [-0.3, -0.25) is 0 Å². The van der Waals surface area contributed by atoms with Crippen molar-refractivity contribution in [3.05, 3.63) is 66.1 Å². The first-order chi connectivity index (χ1) is 16.1. The summed E-state index contributed by atoms with van der Waals surface area (Å²) in [7, 11) is 1.99. The standard InChI is InChI=1S/C26H29FN6/c1-32(15-12-19-17-29-22-11-4-3-10-21(19)22)26-30-24(28)23(18-8-7-9-20(27)16-18)25(31-26)33-13-5-2-6-14-33/h3-4,7-11,16-17,29H,2,5-6,12-15H2,1H3,(H2,28,30,31). The van der Waals surface area contributed by atoms with E-state index in [0.29, 0.717) is 22.9 Å². The molecule has 4 aromatic rings. The number of nitrogen functional groups attached to an aromatic ring is 1. The van der Waals surface area contributed by atoms with Crippen molar-refractivity contribution in [2.24, 2.45) is 0 Å². The first-order valence-corrected chi connectivity index (χ1v) is 11.5. The quantitative estimate of drug-likeness (QED) is 0.437. The molecule has 1 saturated heterocycles. The second kappa shape index (κ2) is 9.10. The SMILES string of the molecule is CN(CCc1c[nH]c2ccccc12)c1nc(N)c(-c2cccc(F)c2)c(N2CCCCC2)n1. The van der Waals surface area contributed by atoms with E-state index in [0.717, 1.165) is 50.2 Å². The van der Waals surface area contributed by atoms with Crippen molar-refractivity contribution in [2.45, 2.75) is 25.7 Å². The molecule has 0 atom stereocenters. The van der Waals surface area contributed by atoms with E-state index in [1.165, 1.54) is 29.5 Å². The van der Waals surface area contributed by atoms with Gasteiger partial charge in [-0.25, -0.2) is 4.39 Å². The Morgan fingerprint density at radius 1 is 1.06 bits per heavy atom. The summed E-state index contributed by atoms with van der Waals surface area (Å²) in [4.78, 5) is 17.2. The molecule has 5 rings (SSSR count). The molecule has 170 valence electrons. The summed E-state index contributed by atoms with van der Waals surface area (Å²) in [5.41, 5.74) is 10.3. The Morgan fingerprint density at radius 3 is 2.70 bits per heavy atom. The van der Waals surface area contributed by atoms with E-state index in [9.17, 15) is 4.39 Å². The monoisotopic (exact) mass is 444 g/mol. The lowest BCUT2D eigenvalue weighted by atomic mass is 10.0. The minimum absolute atomic E-state index is 0.295. The normalized spacial score (nSPS) is 14.1. The summed E-state index contributed by atoms with van der Waals surface area (Å²) in [6.07, 6.45) is 6.36. The third kappa shape index (κ3) is 4.35. The van der Waals surface area contributed by atoms with Gasteiger partial charge < -0.3 is 20.5 Å². The number of halogens is 1. The summed E-state index contributed by atoms with van der Waals surface area (Å²) in [5, 5.41) is 1.24. The van der Waals surface area contributed by atoms with Gasteiger partial charge in [-0.05, 0) is 55.0 Å². The molecule has 1 aliphatic heterocycles. The Kier molecular flexibility index (Phi) is 5.86. The van der Waals surface area contributed by atoms with Gasteiger partial charge >= 0.3 is 0 Å². The molecule has 33 heavy (non-hydrogen) atoms. The average molecular weight is 445 g/mol. The number of para-hydroxylation sites is 1. The van der Waals surface area contributed by atoms with E-state index in [2.05, 4.69) is 39.3 Å². The van der Waals surface area contributed by atoms with E-state index in [4.69, 9.17) is 10.7 Å². The summed E-state index contributed by atoms with van der Waals surface area (Å²) < 4.78 is 14.0. The van der Waals surface area contributed by atoms with Gasteiger partial charge in [0, 0.05) is 43.8 Å². The number of nitrogens with one attached hydrogen (secondary N) is 1. The minimum atomic E-state index is -0.295. The lowest BCUT2D eigenvalue weighted by Gasteiger charge is -2.31. The minimum Gasteiger partial charge on any atom is -0.383 e. The first-order valence-electron chi connectivity index (χ1n) is 11.5. The van der Waals surface area contributed by atoms with Gasteiger partial charge in [0.25, 0.3) is 0 Å². The van der Waals surface area contributed by atoms with E-state index in [-0.39, 0.29) is 5.82 Å². The summed E-state index contributed by atoms with van der Waals surface area (Å²) in [6, 6.07) is 14.8. The number of piperidine rings is 1. The largest absolute Gasteiger partial charge is 0.383 e. The highest BCUT2D eigenvalue weighted by atomic mass is 19.1. The zero-order chi connectivity index (χ0) is 22.8. The van der Waals surface area contributed by atoms with Crippen molar-refractivity contribution < 1.29 is 4.39 Å². The molecular weight excluding hydrogens is 415 g/mol. The number of benzene rings is 2. The summed E-state index contributed by atoms with van der Waals surface area (Å²) in [5.74, 6) is 1.47. The van der Waals surface area contributed by atoms with E-state index < -0.39 is 0 Å². The van der Waals surface area contributed by atoms with Crippen LogP contribution in [0.3, 0.4) is 0 Å². The Bertz CT molecular complexity index is 1260. The van der Waals surface area contributed by atoms with Crippen LogP contribution in [0.15, 0.2) is 54.7 Å². The van der Waals surface area contributed by atoms with Gasteiger partial charge in [-0.2, -0.15) is 9.97 Å². The van der Waals surface area contributed by atoms with Crippen LogP contribution in [0.5, 0.6) is 0 Å². The molecule has 0 spiro atoms. The number of likely N-dealkylation sites (N-methyl/N-ethyl adjacent to an activating group) is 1. The highest BCUT2D eigenvalue weighted by Crippen LogP contribution is 2.36. The predicted molar refractivity (Wildman–Crippen MR) is 133 cm³/mol. The van der Waals surface area contributed by atoms with Gasteiger partial charge in [-0.1, -0.05) is 30.3 Å². The third-order valence-corrected chi connectivity index (χ3v) is 6.41. The van der Waals surface area contributed by atoms with Crippen molar-refractivity contribution >= 4 is 28.5 Å². The second-order valence-corrected chi connectivity index (χ2v) is 8.70. The Balaban J connectivity index is 1.46. The van der Waals surface area contributed by atoms with Crippen LogP contribution in [0.25, 0.3) is 22.0 Å². The van der Waals surface area contributed by atoms with Gasteiger partial charge in [0.15, 0.2) is 0 Å². The number of hydrogen-bond acceptors (Lipinski definition) is 5. The fourth-order valence-corrected chi connectivity index (χ4v) is 4.61. The molecule has 3 N–H and O–H groups in total. The van der Waals surface area contributed by atoms with E-state index in [1.54, 1.807) is 6.07 Å². The topological polar surface area (TPSA) is 74.1 Å². The molecular formula is C26H29FN6. The molecule has 1 fully saturated rings. The van der Waals surface area contributed by atoms with Crippen LogP contribution in [-0.2, 0) is 6.42 Å². The maximum Gasteiger partial charge on any atom is 0.229 e. The molecule has 0 unspecified atom stereocenters. The number of hydrogen-bond donors (Lipinski definition) is 2. The average Bonchev–Trinajstić information content (AvgIpc) is 3.25. The van der Waals surface area contributed by atoms with Gasteiger partial charge in [-0.15, -0.1) is 0 Å². The summed E-state index contributed by atoms with van der Waals surface area (Å²) in [6.45, 7) is 2.58.